The number of amides is 1. The lowest BCUT2D eigenvalue weighted by Gasteiger charge is -2.17. The van der Waals surface area contributed by atoms with Crippen LogP contribution in [0.3, 0.4) is 0 Å². The summed E-state index contributed by atoms with van der Waals surface area (Å²) in [5.41, 5.74) is 2.78. The minimum Gasteiger partial charge on any atom is -0.489 e. The van der Waals surface area contributed by atoms with Crippen molar-refractivity contribution in [3.63, 3.8) is 0 Å². The van der Waals surface area contributed by atoms with Crippen LogP contribution in [0.1, 0.15) is 34.8 Å². The van der Waals surface area contributed by atoms with Gasteiger partial charge in [0.25, 0.3) is 5.91 Å². The van der Waals surface area contributed by atoms with Gasteiger partial charge in [-0.3, -0.25) is 4.79 Å². The number of aryl methyl sites for hydroxylation is 2. The number of carbonyl (C=O) groups is 2. The Kier molecular flexibility index (Phi) is 6.09. The topological polar surface area (TPSA) is 73.9 Å². The van der Waals surface area contributed by atoms with Gasteiger partial charge in [-0.05, 0) is 44.0 Å². The molecule has 0 bridgehead atoms. The van der Waals surface area contributed by atoms with Gasteiger partial charge >= 0.3 is 5.97 Å². The van der Waals surface area contributed by atoms with Gasteiger partial charge in [0.15, 0.2) is 17.6 Å². The molecule has 1 atom stereocenters. The number of fused-ring (bicyclic) bond motifs is 1. The Morgan fingerprint density at radius 1 is 1.14 bits per heavy atom. The first-order valence-electron chi connectivity index (χ1n) is 9.04. The molecule has 28 heavy (non-hydrogen) atoms. The first kappa shape index (κ1) is 20.0. The number of anilines is 1. The van der Waals surface area contributed by atoms with E-state index >= 15 is 0 Å². The number of benzene rings is 2. The summed E-state index contributed by atoms with van der Waals surface area (Å²) >= 11 is 6.21. The van der Waals surface area contributed by atoms with Crippen molar-refractivity contribution in [2.24, 2.45) is 0 Å². The number of hydrogen-bond acceptors (Lipinski definition) is 5. The third-order valence-corrected chi connectivity index (χ3v) is 4.70. The third kappa shape index (κ3) is 4.39. The molecule has 0 saturated carbocycles. The molecule has 0 aliphatic carbocycles. The summed E-state index contributed by atoms with van der Waals surface area (Å²) < 4.78 is 16.5. The van der Waals surface area contributed by atoms with E-state index in [1.165, 1.54) is 19.1 Å². The van der Waals surface area contributed by atoms with Crippen molar-refractivity contribution in [3.05, 3.63) is 52.0 Å². The highest BCUT2D eigenvalue weighted by molar-refractivity contribution is 6.32. The van der Waals surface area contributed by atoms with Crippen LogP contribution in [0, 0.1) is 13.8 Å². The Balaban J connectivity index is 1.71. The van der Waals surface area contributed by atoms with Gasteiger partial charge in [-0.25, -0.2) is 4.79 Å². The summed E-state index contributed by atoms with van der Waals surface area (Å²) in [6, 6.07) is 8.69. The van der Waals surface area contributed by atoms with E-state index in [2.05, 4.69) is 5.32 Å². The zero-order valence-corrected chi connectivity index (χ0v) is 16.8. The van der Waals surface area contributed by atoms with Crippen LogP contribution in [0.25, 0.3) is 0 Å². The number of para-hydroxylation sites is 1. The fraction of sp³-hybridized carbons (Fsp3) is 0.333. The van der Waals surface area contributed by atoms with E-state index in [1.54, 1.807) is 0 Å². The molecule has 6 nitrogen and oxygen atoms in total. The lowest BCUT2D eigenvalue weighted by atomic mass is 10.1. The molecule has 0 unspecified atom stereocenters. The predicted octanol–water partition coefficient (Wildman–Crippen LogP) is 4.30. The van der Waals surface area contributed by atoms with E-state index < -0.39 is 18.0 Å². The van der Waals surface area contributed by atoms with Crippen molar-refractivity contribution < 1.29 is 23.8 Å². The Bertz CT molecular complexity index is 892. The van der Waals surface area contributed by atoms with E-state index in [0.717, 1.165) is 17.5 Å². The second kappa shape index (κ2) is 8.52. The second-order valence-electron chi connectivity index (χ2n) is 6.64. The number of esters is 1. The molecular weight excluding hydrogens is 382 g/mol. The molecule has 1 aliphatic rings. The van der Waals surface area contributed by atoms with E-state index in [9.17, 15) is 9.59 Å². The maximum Gasteiger partial charge on any atom is 0.339 e. The smallest absolute Gasteiger partial charge is 0.339 e. The van der Waals surface area contributed by atoms with Gasteiger partial charge in [0.05, 0.1) is 23.8 Å². The van der Waals surface area contributed by atoms with Crippen molar-refractivity contribution in [2.45, 2.75) is 33.3 Å². The van der Waals surface area contributed by atoms with Crippen LogP contribution in [-0.4, -0.2) is 31.2 Å². The summed E-state index contributed by atoms with van der Waals surface area (Å²) in [7, 11) is 0. The normalized spacial score (nSPS) is 14.0. The van der Waals surface area contributed by atoms with Gasteiger partial charge in [-0.2, -0.15) is 0 Å². The minimum atomic E-state index is -0.985. The fourth-order valence-electron chi connectivity index (χ4n) is 2.87. The molecule has 3 rings (SSSR count). The van der Waals surface area contributed by atoms with Crippen LogP contribution in [-0.2, 0) is 9.53 Å². The Hall–Kier alpha value is -2.73. The van der Waals surface area contributed by atoms with E-state index in [4.69, 9.17) is 25.8 Å². The summed E-state index contributed by atoms with van der Waals surface area (Å²) in [6.45, 7) is 6.28. The summed E-state index contributed by atoms with van der Waals surface area (Å²) in [5.74, 6) is -0.269. The number of rotatable bonds is 4. The molecular formula is C21H22ClNO5. The van der Waals surface area contributed by atoms with E-state index in [0.29, 0.717) is 30.4 Å². The highest BCUT2D eigenvalue weighted by Crippen LogP contribution is 2.38. The SMILES string of the molecule is Cc1cccc(C)c1NC(=O)[C@@H](C)OC(=O)c1cc(Cl)c2c(c1)OCCCO2. The van der Waals surface area contributed by atoms with Gasteiger partial charge in [-0.1, -0.05) is 29.8 Å². The number of ether oxygens (including phenoxy) is 3. The lowest BCUT2D eigenvalue weighted by molar-refractivity contribution is -0.123. The molecule has 7 heteroatoms. The third-order valence-electron chi connectivity index (χ3n) is 4.42. The standard InChI is InChI=1S/C21H22ClNO5/c1-12-6-4-7-13(2)18(12)23-20(24)14(3)28-21(25)15-10-16(22)19-17(11-15)26-8-5-9-27-19/h4,6-7,10-11,14H,5,8-9H2,1-3H3,(H,23,24)/t14-/m1/s1. The largest absolute Gasteiger partial charge is 0.489 e. The summed E-state index contributed by atoms with van der Waals surface area (Å²) in [4.78, 5) is 25.0. The van der Waals surface area contributed by atoms with Gasteiger partial charge < -0.3 is 19.5 Å². The quantitative estimate of drug-likeness (QED) is 0.770. The second-order valence-corrected chi connectivity index (χ2v) is 7.05. The summed E-state index contributed by atoms with van der Waals surface area (Å²) in [5, 5.41) is 3.08. The van der Waals surface area contributed by atoms with Crippen molar-refractivity contribution >= 4 is 29.2 Å². The molecule has 0 spiro atoms. The first-order chi connectivity index (χ1) is 13.4. The van der Waals surface area contributed by atoms with Gasteiger partial charge in [-0.15, -0.1) is 0 Å². The van der Waals surface area contributed by atoms with Crippen LogP contribution < -0.4 is 14.8 Å². The molecule has 1 heterocycles. The molecule has 0 fully saturated rings. The summed E-state index contributed by atoms with van der Waals surface area (Å²) in [6.07, 6.45) is -0.262. The van der Waals surface area contributed by atoms with Crippen LogP contribution in [0.4, 0.5) is 5.69 Å². The minimum absolute atomic E-state index is 0.195. The number of hydrogen-bond donors (Lipinski definition) is 1. The van der Waals surface area contributed by atoms with Gasteiger partial charge in [0.1, 0.15) is 0 Å². The maximum atomic E-state index is 12.5. The van der Waals surface area contributed by atoms with E-state index in [1.807, 2.05) is 32.0 Å². The van der Waals surface area contributed by atoms with E-state index in [-0.39, 0.29) is 10.6 Å². The average molecular weight is 404 g/mol. The molecule has 1 aliphatic heterocycles. The first-order valence-corrected chi connectivity index (χ1v) is 9.42. The molecule has 1 amide bonds. The lowest BCUT2D eigenvalue weighted by Crippen LogP contribution is -2.30. The van der Waals surface area contributed by atoms with Crippen molar-refractivity contribution in [2.75, 3.05) is 18.5 Å². The fourth-order valence-corrected chi connectivity index (χ4v) is 3.13. The van der Waals surface area contributed by atoms with Gasteiger partial charge in [0.2, 0.25) is 0 Å². The van der Waals surface area contributed by atoms with Crippen LogP contribution in [0.2, 0.25) is 5.02 Å². The van der Waals surface area contributed by atoms with Crippen LogP contribution in [0.15, 0.2) is 30.3 Å². The molecule has 2 aromatic carbocycles. The number of carbonyl (C=O) groups excluding carboxylic acids is 2. The van der Waals surface area contributed by atoms with Crippen molar-refractivity contribution in [1.29, 1.82) is 0 Å². The number of halogens is 1. The Labute approximate surface area is 168 Å². The molecule has 0 saturated heterocycles. The van der Waals surface area contributed by atoms with Crippen LogP contribution in [0.5, 0.6) is 11.5 Å². The predicted molar refractivity (Wildman–Crippen MR) is 106 cm³/mol. The van der Waals surface area contributed by atoms with Crippen molar-refractivity contribution in [3.8, 4) is 11.5 Å². The number of nitrogens with one attached hydrogen (secondary N) is 1. The van der Waals surface area contributed by atoms with Gasteiger partial charge in [0, 0.05) is 12.1 Å². The molecule has 148 valence electrons. The maximum absolute atomic E-state index is 12.5. The highest BCUT2D eigenvalue weighted by atomic mass is 35.5. The van der Waals surface area contributed by atoms with Crippen LogP contribution >= 0.6 is 11.6 Å². The van der Waals surface area contributed by atoms with Crippen molar-refractivity contribution in [1.82, 2.24) is 0 Å². The molecule has 0 radical (unpaired) electrons. The zero-order valence-electron chi connectivity index (χ0n) is 16.0. The Morgan fingerprint density at radius 2 is 1.82 bits per heavy atom. The highest BCUT2D eigenvalue weighted by Gasteiger charge is 2.23. The monoisotopic (exact) mass is 403 g/mol. The zero-order chi connectivity index (χ0) is 20.3. The molecule has 0 aromatic heterocycles. The molecule has 2 aromatic rings. The molecule has 1 N–H and O–H groups in total. The Morgan fingerprint density at radius 3 is 2.54 bits per heavy atom. The average Bonchev–Trinajstić information content (AvgIpc) is 2.90.